The summed E-state index contributed by atoms with van der Waals surface area (Å²) in [6.45, 7) is 2.14. The molecule has 1 aromatic rings. The van der Waals surface area contributed by atoms with Gasteiger partial charge in [-0.2, -0.15) is 0 Å². The van der Waals surface area contributed by atoms with Gasteiger partial charge >= 0.3 is 0 Å². The number of halogens is 1. The molecular formula is C13H16FN. The highest BCUT2D eigenvalue weighted by Crippen LogP contribution is 2.17. The Morgan fingerprint density at radius 2 is 2.13 bits per heavy atom. The van der Waals surface area contributed by atoms with E-state index in [9.17, 15) is 4.39 Å². The van der Waals surface area contributed by atoms with Crippen molar-refractivity contribution >= 4 is 6.08 Å². The van der Waals surface area contributed by atoms with Crippen LogP contribution in [0, 0.1) is 5.82 Å². The lowest BCUT2D eigenvalue weighted by molar-refractivity contribution is 0.627. The Labute approximate surface area is 90.0 Å². The molecule has 80 valence electrons. The largest absolute Gasteiger partial charge is 0.316 e. The maximum Gasteiger partial charge on any atom is 0.123 e. The lowest BCUT2D eigenvalue weighted by atomic mass is 10.0. The van der Waals surface area contributed by atoms with Gasteiger partial charge in [0.05, 0.1) is 0 Å². The van der Waals surface area contributed by atoms with Crippen LogP contribution in [-0.4, -0.2) is 13.1 Å². The number of hydrogen-bond donors (Lipinski definition) is 1. The maximum absolute atomic E-state index is 13.0. The Hall–Kier alpha value is -1.15. The average Bonchev–Trinajstić information content (AvgIpc) is 2.46. The first-order valence-electron chi connectivity index (χ1n) is 5.50. The molecule has 0 aliphatic carbocycles. The number of rotatable bonds is 1. The molecular weight excluding hydrogens is 189 g/mol. The van der Waals surface area contributed by atoms with Crippen molar-refractivity contribution < 1.29 is 4.39 Å². The zero-order valence-corrected chi connectivity index (χ0v) is 8.80. The van der Waals surface area contributed by atoms with Gasteiger partial charge in [-0.3, -0.25) is 0 Å². The topological polar surface area (TPSA) is 12.0 Å². The second-order valence-electron chi connectivity index (χ2n) is 3.96. The molecule has 1 aliphatic rings. The molecule has 0 bridgehead atoms. The fraction of sp³-hybridized carbons (Fsp3) is 0.385. The van der Waals surface area contributed by atoms with Gasteiger partial charge < -0.3 is 5.32 Å². The Morgan fingerprint density at radius 3 is 3.00 bits per heavy atom. The first-order chi connectivity index (χ1) is 7.34. The van der Waals surface area contributed by atoms with Gasteiger partial charge in [0.25, 0.3) is 0 Å². The van der Waals surface area contributed by atoms with E-state index in [4.69, 9.17) is 0 Å². The lowest BCUT2D eigenvalue weighted by Gasteiger charge is -2.02. The smallest absolute Gasteiger partial charge is 0.123 e. The van der Waals surface area contributed by atoms with E-state index in [0.29, 0.717) is 0 Å². The van der Waals surface area contributed by atoms with E-state index in [1.165, 1.54) is 18.1 Å². The standard InChI is InChI=1S/C13H16FN/c14-13-5-1-3-12(10-13)9-11-4-2-7-15-8-6-11/h1,3,5,9-10,15H,2,4,6-8H2/b11-9-. The summed E-state index contributed by atoms with van der Waals surface area (Å²) in [4.78, 5) is 0. The summed E-state index contributed by atoms with van der Waals surface area (Å²) in [6.07, 6.45) is 5.51. The molecule has 0 amide bonds. The van der Waals surface area contributed by atoms with Crippen LogP contribution in [0.15, 0.2) is 29.8 Å². The predicted octanol–water partition coefficient (Wildman–Crippen LogP) is 2.98. The third kappa shape index (κ3) is 3.17. The van der Waals surface area contributed by atoms with Crippen molar-refractivity contribution in [3.8, 4) is 0 Å². The van der Waals surface area contributed by atoms with Gasteiger partial charge in [-0.15, -0.1) is 0 Å². The molecule has 1 heterocycles. The van der Waals surface area contributed by atoms with E-state index in [1.54, 1.807) is 12.1 Å². The Kier molecular flexibility index (Phi) is 3.51. The van der Waals surface area contributed by atoms with Crippen LogP contribution in [0.1, 0.15) is 24.8 Å². The minimum absolute atomic E-state index is 0.156. The SMILES string of the molecule is Fc1cccc(/C=C2/CCCNCC2)c1. The highest BCUT2D eigenvalue weighted by molar-refractivity contribution is 5.52. The van der Waals surface area contributed by atoms with Crippen molar-refractivity contribution in [2.75, 3.05) is 13.1 Å². The van der Waals surface area contributed by atoms with Crippen molar-refractivity contribution in [2.45, 2.75) is 19.3 Å². The Bertz CT molecular complexity index is 347. The fourth-order valence-corrected chi connectivity index (χ4v) is 1.92. The summed E-state index contributed by atoms with van der Waals surface area (Å²) in [5, 5.41) is 3.36. The van der Waals surface area contributed by atoms with Gasteiger partial charge in [0.15, 0.2) is 0 Å². The third-order valence-corrected chi connectivity index (χ3v) is 2.69. The molecule has 2 heteroatoms. The van der Waals surface area contributed by atoms with E-state index < -0.39 is 0 Å². The van der Waals surface area contributed by atoms with Crippen LogP contribution < -0.4 is 5.32 Å². The van der Waals surface area contributed by atoms with Crippen LogP contribution in [0.4, 0.5) is 4.39 Å². The number of benzene rings is 1. The van der Waals surface area contributed by atoms with Gasteiger partial charge in [-0.1, -0.05) is 23.8 Å². The monoisotopic (exact) mass is 205 g/mol. The number of hydrogen-bond acceptors (Lipinski definition) is 1. The number of nitrogens with one attached hydrogen (secondary N) is 1. The molecule has 1 saturated heterocycles. The summed E-state index contributed by atoms with van der Waals surface area (Å²) < 4.78 is 13.0. The molecule has 1 fully saturated rings. The molecule has 0 spiro atoms. The van der Waals surface area contributed by atoms with Crippen LogP contribution in [0.3, 0.4) is 0 Å². The van der Waals surface area contributed by atoms with Gasteiger partial charge in [-0.05, 0) is 50.0 Å². The first-order valence-corrected chi connectivity index (χ1v) is 5.50. The molecule has 1 N–H and O–H groups in total. The fourth-order valence-electron chi connectivity index (χ4n) is 1.92. The van der Waals surface area contributed by atoms with Gasteiger partial charge in [-0.25, -0.2) is 4.39 Å². The molecule has 2 rings (SSSR count). The molecule has 15 heavy (non-hydrogen) atoms. The quantitative estimate of drug-likeness (QED) is 0.743. The van der Waals surface area contributed by atoms with Crippen LogP contribution in [0.2, 0.25) is 0 Å². The van der Waals surface area contributed by atoms with Crippen molar-refractivity contribution in [1.29, 1.82) is 0 Å². The van der Waals surface area contributed by atoms with Gasteiger partial charge in [0.1, 0.15) is 5.82 Å². The highest BCUT2D eigenvalue weighted by atomic mass is 19.1. The molecule has 1 aromatic carbocycles. The minimum atomic E-state index is -0.156. The predicted molar refractivity (Wildman–Crippen MR) is 61.1 cm³/mol. The zero-order valence-electron chi connectivity index (χ0n) is 8.80. The summed E-state index contributed by atoms with van der Waals surface area (Å²) in [5.41, 5.74) is 2.40. The van der Waals surface area contributed by atoms with E-state index >= 15 is 0 Å². The van der Waals surface area contributed by atoms with Crippen LogP contribution in [0.5, 0.6) is 0 Å². The van der Waals surface area contributed by atoms with E-state index in [1.807, 2.05) is 6.07 Å². The summed E-state index contributed by atoms with van der Waals surface area (Å²) >= 11 is 0. The Balaban J connectivity index is 2.13. The molecule has 1 nitrogen and oxygen atoms in total. The Morgan fingerprint density at radius 1 is 1.20 bits per heavy atom. The second kappa shape index (κ2) is 5.08. The summed E-state index contributed by atoms with van der Waals surface area (Å²) in [6, 6.07) is 6.78. The average molecular weight is 205 g/mol. The maximum atomic E-state index is 13.0. The van der Waals surface area contributed by atoms with Gasteiger partial charge in [0.2, 0.25) is 0 Å². The van der Waals surface area contributed by atoms with Gasteiger partial charge in [0, 0.05) is 0 Å². The normalized spacial score (nSPS) is 20.2. The minimum Gasteiger partial charge on any atom is -0.316 e. The van der Waals surface area contributed by atoms with E-state index in [-0.39, 0.29) is 5.82 Å². The molecule has 0 aromatic heterocycles. The lowest BCUT2D eigenvalue weighted by Crippen LogP contribution is -2.13. The van der Waals surface area contributed by atoms with Crippen molar-refractivity contribution in [3.63, 3.8) is 0 Å². The molecule has 0 radical (unpaired) electrons. The van der Waals surface area contributed by atoms with Crippen LogP contribution in [0.25, 0.3) is 6.08 Å². The van der Waals surface area contributed by atoms with Crippen molar-refractivity contribution in [2.24, 2.45) is 0 Å². The van der Waals surface area contributed by atoms with E-state index in [2.05, 4.69) is 11.4 Å². The molecule has 0 atom stereocenters. The molecule has 0 unspecified atom stereocenters. The van der Waals surface area contributed by atoms with E-state index in [0.717, 1.165) is 31.5 Å². The second-order valence-corrected chi connectivity index (χ2v) is 3.96. The summed E-state index contributed by atoms with van der Waals surface area (Å²) in [7, 11) is 0. The summed E-state index contributed by atoms with van der Waals surface area (Å²) in [5.74, 6) is -0.156. The van der Waals surface area contributed by atoms with Crippen molar-refractivity contribution in [1.82, 2.24) is 5.32 Å². The third-order valence-electron chi connectivity index (χ3n) is 2.69. The van der Waals surface area contributed by atoms with Crippen molar-refractivity contribution in [3.05, 3.63) is 41.2 Å². The molecule has 0 saturated carbocycles. The highest BCUT2D eigenvalue weighted by Gasteiger charge is 2.03. The molecule has 1 aliphatic heterocycles. The van der Waals surface area contributed by atoms with Crippen LogP contribution in [-0.2, 0) is 0 Å². The first kappa shape index (κ1) is 10.4. The zero-order chi connectivity index (χ0) is 10.5. The van der Waals surface area contributed by atoms with Crippen LogP contribution >= 0.6 is 0 Å².